The number of nitrogens with two attached hydrogens (primary N) is 1. The Morgan fingerprint density at radius 1 is 1.53 bits per heavy atom. The molecule has 2 aromatic rings. The second kappa shape index (κ2) is 4.69. The summed E-state index contributed by atoms with van der Waals surface area (Å²) in [6, 6.07) is 6.94. The van der Waals surface area contributed by atoms with E-state index in [0.29, 0.717) is 17.9 Å². The smallest absolute Gasteiger partial charge is 0.340 e. The summed E-state index contributed by atoms with van der Waals surface area (Å²) < 4.78 is 6.59. The number of nitrogens with zero attached hydrogens (tertiary/aromatic N) is 2. The van der Waals surface area contributed by atoms with E-state index in [0.717, 1.165) is 5.69 Å². The fraction of sp³-hybridized carbons (Fsp3) is 0.167. The van der Waals surface area contributed by atoms with E-state index < -0.39 is 5.97 Å². The molecule has 0 radical (unpaired) electrons. The quantitative estimate of drug-likeness (QED) is 0.643. The van der Waals surface area contributed by atoms with Gasteiger partial charge in [0, 0.05) is 18.1 Å². The number of carbonyl (C=O) groups is 1. The Bertz CT molecular complexity index is 521. The predicted octanol–water partition coefficient (Wildman–Crippen LogP) is 1.63. The molecule has 0 bridgehead atoms. The minimum atomic E-state index is -0.418. The summed E-state index contributed by atoms with van der Waals surface area (Å²) in [6.07, 6.45) is 3.46. The van der Waals surface area contributed by atoms with Crippen LogP contribution in [0.25, 0.3) is 5.69 Å². The van der Waals surface area contributed by atoms with Crippen molar-refractivity contribution in [2.75, 3.05) is 12.3 Å². The topological polar surface area (TPSA) is 70.1 Å². The lowest BCUT2D eigenvalue weighted by atomic mass is 10.1. The summed E-state index contributed by atoms with van der Waals surface area (Å²) in [7, 11) is 0. The Kier molecular flexibility index (Phi) is 3.09. The van der Waals surface area contributed by atoms with Crippen molar-refractivity contribution in [3.8, 4) is 5.69 Å². The maximum absolute atomic E-state index is 11.7. The first-order valence-corrected chi connectivity index (χ1v) is 5.29. The highest BCUT2D eigenvalue weighted by atomic mass is 16.5. The maximum atomic E-state index is 11.7. The summed E-state index contributed by atoms with van der Waals surface area (Å²) in [6.45, 7) is 2.08. The molecule has 0 saturated carbocycles. The lowest BCUT2D eigenvalue weighted by Crippen LogP contribution is -2.09. The van der Waals surface area contributed by atoms with Gasteiger partial charge in [-0.1, -0.05) is 0 Å². The van der Waals surface area contributed by atoms with Crippen molar-refractivity contribution < 1.29 is 9.53 Å². The Labute approximate surface area is 98.8 Å². The van der Waals surface area contributed by atoms with Gasteiger partial charge in [0.25, 0.3) is 0 Å². The number of nitrogen functional groups attached to an aromatic ring is 1. The first kappa shape index (κ1) is 11.2. The fourth-order valence-electron chi connectivity index (χ4n) is 1.49. The maximum Gasteiger partial charge on any atom is 0.340 e. The molecule has 5 heteroatoms. The third kappa shape index (κ3) is 2.28. The van der Waals surface area contributed by atoms with Crippen LogP contribution >= 0.6 is 0 Å². The van der Waals surface area contributed by atoms with Gasteiger partial charge < -0.3 is 10.5 Å². The van der Waals surface area contributed by atoms with Crippen LogP contribution in [-0.2, 0) is 4.74 Å². The Morgan fingerprint density at radius 3 is 3.00 bits per heavy atom. The zero-order valence-electron chi connectivity index (χ0n) is 9.46. The minimum absolute atomic E-state index is 0.324. The third-order valence-corrected chi connectivity index (χ3v) is 2.30. The zero-order chi connectivity index (χ0) is 12.3. The highest BCUT2D eigenvalue weighted by Crippen LogP contribution is 2.17. The molecule has 2 rings (SSSR count). The van der Waals surface area contributed by atoms with Gasteiger partial charge in [-0.05, 0) is 31.2 Å². The fourth-order valence-corrected chi connectivity index (χ4v) is 1.49. The molecule has 1 aromatic carbocycles. The number of benzene rings is 1. The molecule has 17 heavy (non-hydrogen) atoms. The van der Waals surface area contributed by atoms with Gasteiger partial charge >= 0.3 is 5.97 Å². The average molecular weight is 231 g/mol. The molecule has 0 saturated heterocycles. The molecule has 1 heterocycles. The van der Waals surface area contributed by atoms with Crippen LogP contribution in [0.15, 0.2) is 36.7 Å². The number of hydrogen-bond donors (Lipinski definition) is 1. The van der Waals surface area contributed by atoms with Gasteiger partial charge in [0.15, 0.2) is 0 Å². The van der Waals surface area contributed by atoms with Gasteiger partial charge in [0.05, 0.1) is 17.9 Å². The number of aromatic nitrogens is 2. The monoisotopic (exact) mass is 231 g/mol. The van der Waals surface area contributed by atoms with Crippen LogP contribution in [0.4, 0.5) is 5.69 Å². The van der Waals surface area contributed by atoms with Crippen molar-refractivity contribution in [1.29, 1.82) is 0 Å². The van der Waals surface area contributed by atoms with E-state index >= 15 is 0 Å². The Balaban J connectivity index is 2.39. The van der Waals surface area contributed by atoms with E-state index in [-0.39, 0.29) is 0 Å². The summed E-state index contributed by atoms with van der Waals surface area (Å²) in [5.74, 6) is -0.418. The van der Waals surface area contributed by atoms with Gasteiger partial charge in [-0.3, -0.25) is 0 Å². The summed E-state index contributed by atoms with van der Waals surface area (Å²) in [5, 5.41) is 4.09. The van der Waals surface area contributed by atoms with Gasteiger partial charge in [-0.15, -0.1) is 0 Å². The molecule has 0 spiro atoms. The SMILES string of the molecule is CCOC(=O)c1cc(-n2cccn2)ccc1N. The lowest BCUT2D eigenvalue weighted by Gasteiger charge is -2.08. The largest absolute Gasteiger partial charge is 0.462 e. The first-order valence-electron chi connectivity index (χ1n) is 5.29. The van der Waals surface area contributed by atoms with E-state index in [2.05, 4.69) is 5.10 Å². The van der Waals surface area contributed by atoms with E-state index in [1.165, 1.54) is 0 Å². The molecule has 5 nitrogen and oxygen atoms in total. The minimum Gasteiger partial charge on any atom is -0.462 e. The molecule has 2 N–H and O–H groups in total. The molecule has 0 amide bonds. The summed E-state index contributed by atoms with van der Waals surface area (Å²) in [5.41, 5.74) is 7.28. The number of esters is 1. The van der Waals surface area contributed by atoms with E-state index in [1.807, 2.05) is 0 Å². The second-order valence-electron chi connectivity index (χ2n) is 3.44. The Hall–Kier alpha value is -2.30. The van der Waals surface area contributed by atoms with Crippen molar-refractivity contribution >= 4 is 11.7 Å². The number of hydrogen-bond acceptors (Lipinski definition) is 4. The van der Waals surface area contributed by atoms with Crippen molar-refractivity contribution in [3.05, 3.63) is 42.2 Å². The number of rotatable bonds is 3. The molecule has 1 aromatic heterocycles. The number of ether oxygens (including phenoxy) is 1. The normalized spacial score (nSPS) is 10.2. The van der Waals surface area contributed by atoms with Crippen LogP contribution in [0.2, 0.25) is 0 Å². The van der Waals surface area contributed by atoms with Crippen molar-refractivity contribution in [2.24, 2.45) is 0 Å². The molecule has 0 fully saturated rings. The van der Waals surface area contributed by atoms with Gasteiger partial charge in [0.2, 0.25) is 0 Å². The molecular formula is C12H13N3O2. The average Bonchev–Trinajstić information content (AvgIpc) is 2.83. The van der Waals surface area contributed by atoms with Gasteiger partial charge in [0.1, 0.15) is 0 Å². The van der Waals surface area contributed by atoms with Gasteiger partial charge in [-0.25, -0.2) is 9.48 Å². The highest BCUT2D eigenvalue weighted by molar-refractivity contribution is 5.95. The van der Waals surface area contributed by atoms with Crippen molar-refractivity contribution in [3.63, 3.8) is 0 Å². The third-order valence-electron chi connectivity index (χ3n) is 2.30. The number of carbonyl (C=O) groups excluding carboxylic acids is 1. The summed E-state index contributed by atoms with van der Waals surface area (Å²) >= 11 is 0. The van der Waals surface area contributed by atoms with E-state index in [9.17, 15) is 4.79 Å². The van der Waals surface area contributed by atoms with E-state index in [4.69, 9.17) is 10.5 Å². The molecule has 0 atom stereocenters. The van der Waals surface area contributed by atoms with Crippen LogP contribution in [0.3, 0.4) is 0 Å². The zero-order valence-corrected chi connectivity index (χ0v) is 9.46. The van der Waals surface area contributed by atoms with Crippen LogP contribution in [-0.4, -0.2) is 22.4 Å². The highest BCUT2D eigenvalue weighted by Gasteiger charge is 2.12. The molecule has 0 unspecified atom stereocenters. The molecule has 88 valence electrons. The van der Waals surface area contributed by atoms with Crippen molar-refractivity contribution in [2.45, 2.75) is 6.92 Å². The van der Waals surface area contributed by atoms with Crippen LogP contribution < -0.4 is 5.73 Å². The molecule has 0 aliphatic rings. The van der Waals surface area contributed by atoms with E-state index in [1.54, 1.807) is 48.3 Å². The number of anilines is 1. The molecule has 0 aliphatic heterocycles. The predicted molar refractivity (Wildman–Crippen MR) is 63.9 cm³/mol. The van der Waals surface area contributed by atoms with Gasteiger partial charge in [-0.2, -0.15) is 5.10 Å². The van der Waals surface area contributed by atoms with Crippen LogP contribution in [0, 0.1) is 0 Å². The van der Waals surface area contributed by atoms with Crippen molar-refractivity contribution in [1.82, 2.24) is 9.78 Å². The first-order chi connectivity index (χ1) is 8.22. The molecular weight excluding hydrogens is 218 g/mol. The van der Waals surface area contributed by atoms with Crippen LogP contribution in [0.5, 0.6) is 0 Å². The lowest BCUT2D eigenvalue weighted by molar-refractivity contribution is 0.0527. The van der Waals surface area contributed by atoms with Crippen LogP contribution in [0.1, 0.15) is 17.3 Å². The Morgan fingerprint density at radius 2 is 2.35 bits per heavy atom. The second-order valence-corrected chi connectivity index (χ2v) is 3.44. The molecule has 0 aliphatic carbocycles. The standard InChI is InChI=1S/C12H13N3O2/c1-2-17-12(16)10-8-9(4-5-11(10)13)15-7-3-6-14-15/h3-8H,2,13H2,1H3. The summed E-state index contributed by atoms with van der Waals surface area (Å²) in [4.78, 5) is 11.7.